The molecule has 0 aliphatic carbocycles. The number of aromatic nitrogens is 1. The number of hydrogen-bond donors (Lipinski definition) is 1. The van der Waals surface area contributed by atoms with E-state index in [0.717, 1.165) is 48.8 Å². The summed E-state index contributed by atoms with van der Waals surface area (Å²) in [6.07, 6.45) is 1.70. The molecule has 1 fully saturated rings. The lowest BCUT2D eigenvalue weighted by molar-refractivity contribution is -0.135. The fraction of sp³-hybridized carbons (Fsp3) is 0.130. The minimum Gasteiger partial charge on any atom is -0.494 e. The van der Waals surface area contributed by atoms with Gasteiger partial charge in [0.1, 0.15) is 10.8 Å². The Hall–Kier alpha value is -3.10. The molecular weight excluding hydrogens is 430 g/mol. The van der Waals surface area contributed by atoms with Gasteiger partial charge in [-0.3, -0.25) is 15.0 Å². The number of hydrogen-bond acceptors (Lipinski definition) is 7. The number of nitrogens with one attached hydrogen (secondary N) is 1. The van der Waals surface area contributed by atoms with Crippen molar-refractivity contribution in [2.45, 2.75) is 23.8 Å². The van der Waals surface area contributed by atoms with Gasteiger partial charge >= 0.3 is 0 Å². The minimum atomic E-state index is -0.485. The molecule has 31 heavy (non-hydrogen) atoms. The summed E-state index contributed by atoms with van der Waals surface area (Å²) in [6, 6.07) is 17.5. The van der Waals surface area contributed by atoms with Gasteiger partial charge in [-0.15, -0.1) is 0 Å². The highest BCUT2D eigenvalue weighted by Crippen LogP contribution is 2.37. The predicted molar refractivity (Wildman–Crippen MR) is 124 cm³/mol. The maximum Gasteiger partial charge on any atom is 0.273 e. The third-order valence-corrected chi connectivity index (χ3v) is 6.39. The summed E-state index contributed by atoms with van der Waals surface area (Å²) >= 11 is 2.47. The Kier molecular flexibility index (Phi) is 6.11. The van der Waals surface area contributed by atoms with Crippen molar-refractivity contribution in [3.63, 3.8) is 0 Å². The van der Waals surface area contributed by atoms with Gasteiger partial charge in [-0.2, -0.15) is 0 Å². The second-order valence-electron chi connectivity index (χ2n) is 6.66. The van der Waals surface area contributed by atoms with Gasteiger partial charge in [0.25, 0.3) is 5.91 Å². The predicted octanol–water partition coefficient (Wildman–Crippen LogP) is 5.18. The van der Waals surface area contributed by atoms with Crippen molar-refractivity contribution in [3.8, 4) is 5.75 Å². The molecule has 2 amide bonds. The number of imide groups is 1. The van der Waals surface area contributed by atoms with Crippen LogP contribution in [0, 0.1) is 5.41 Å². The Balaban J connectivity index is 1.82. The first-order chi connectivity index (χ1) is 15.0. The molecule has 3 aromatic rings. The highest BCUT2D eigenvalue weighted by Gasteiger charge is 2.35. The molecular formula is C23H19N3O3S2. The van der Waals surface area contributed by atoms with Crippen molar-refractivity contribution in [2.24, 2.45) is 0 Å². The van der Waals surface area contributed by atoms with E-state index in [0.29, 0.717) is 11.5 Å². The fourth-order valence-corrected chi connectivity index (χ4v) is 4.88. The standard InChI is InChI=1S/C23H19N3O3S2/c1-3-29-17-9-10-19-15(12-17)11-16(21(25-19)30-18-7-5-4-6-8-18)13-20-22(28)26(14(2)27)23(24)31-20/h4-13,24H,3H2,1-2H3/b20-13+,24-23?. The van der Waals surface area contributed by atoms with E-state index in [1.165, 1.54) is 18.7 Å². The van der Waals surface area contributed by atoms with E-state index < -0.39 is 11.8 Å². The Morgan fingerprint density at radius 3 is 2.68 bits per heavy atom. The number of nitrogens with zero attached hydrogens (tertiary/aromatic N) is 2. The lowest BCUT2D eigenvalue weighted by Gasteiger charge is -2.10. The van der Waals surface area contributed by atoms with Crippen molar-refractivity contribution in [2.75, 3.05) is 6.61 Å². The minimum absolute atomic E-state index is 0.0895. The molecule has 1 N–H and O–H groups in total. The Morgan fingerprint density at radius 2 is 2.00 bits per heavy atom. The molecule has 2 heterocycles. The Labute approximate surface area is 188 Å². The number of fused-ring (bicyclic) bond motifs is 1. The van der Waals surface area contributed by atoms with Crippen LogP contribution in [0.2, 0.25) is 0 Å². The first-order valence-electron chi connectivity index (χ1n) is 9.60. The van der Waals surface area contributed by atoms with Crippen LogP contribution < -0.4 is 4.74 Å². The van der Waals surface area contributed by atoms with E-state index in [1.54, 1.807) is 6.08 Å². The summed E-state index contributed by atoms with van der Waals surface area (Å²) in [5.41, 5.74) is 1.55. The van der Waals surface area contributed by atoms with Gasteiger partial charge in [0.05, 0.1) is 17.0 Å². The number of ether oxygens (including phenoxy) is 1. The normalized spacial score (nSPS) is 15.2. The monoisotopic (exact) mass is 449 g/mol. The number of rotatable bonds is 5. The molecule has 0 radical (unpaired) electrons. The van der Waals surface area contributed by atoms with Crippen LogP contribution in [0.4, 0.5) is 0 Å². The van der Waals surface area contributed by atoms with Gasteiger partial charge in [0.2, 0.25) is 5.91 Å². The van der Waals surface area contributed by atoms with Gasteiger partial charge < -0.3 is 4.74 Å². The number of carbonyl (C=O) groups is 2. The molecule has 1 aromatic heterocycles. The Morgan fingerprint density at radius 1 is 1.23 bits per heavy atom. The smallest absolute Gasteiger partial charge is 0.273 e. The quantitative estimate of drug-likeness (QED) is 0.540. The lowest BCUT2D eigenvalue weighted by Crippen LogP contribution is -2.32. The third-order valence-electron chi connectivity index (χ3n) is 4.47. The van der Waals surface area contributed by atoms with Crippen molar-refractivity contribution in [1.29, 1.82) is 5.41 Å². The zero-order valence-corrected chi connectivity index (χ0v) is 18.5. The van der Waals surface area contributed by atoms with Crippen LogP contribution in [-0.2, 0) is 9.59 Å². The molecule has 1 saturated heterocycles. The summed E-state index contributed by atoms with van der Waals surface area (Å²) in [6.45, 7) is 3.77. The first-order valence-corrected chi connectivity index (χ1v) is 11.2. The molecule has 1 aliphatic rings. The summed E-state index contributed by atoms with van der Waals surface area (Å²) < 4.78 is 5.61. The topological polar surface area (TPSA) is 83.3 Å². The van der Waals surface area contributed by atoms with Crippen LogP contribution in [0.3, 0.4) is 0 Å². The fourth-order valence-electron chi connectivity index (χ4n) is 3.11. The molecule has 1 aliphatic heterocycles. The van der Waals surface area contributed by atoms with E-state index in [1.807, 2.05) is 61.5 Å². The number of amidine groups is 1. The average Bonchev–Trinajstić information content (AvgIpc) is 3.02. The summed E-state index contributed by atoms with van der Waals surface area (Å²) in [7, 11) is 0. The molecule has 6 nitrogen and oxygen atoms in total. The van der Waals surface area contributed by atoms with Crippen LogP contribution in [0.25, 0.3) is 17.0 Å². The van der Waals surface area contributed by atoms with Crippen LogP contribution in [-0.4, -0.2) is 33.5 Å². The van der Waals surface area contributed by atoms with E-state index in [4.69, 9.17) is 15.1 Å². The maximum atomic E-state index is 12.7. The highest BCUT2D eigenvalue weighted by molar-refractivity contribution is 8.18. The number of benzene rings is 2. The molecule has 2 aromatic carbocycles. The van der Waals surface area contributed by atoms with Crippen LogP contribution in [0.15, 0.2) is 69.4 Å². The van der Waals surface area contributed by atoms with E-state index in [2.05, 4.69) is 0 Å². The van der Waals surface area contributed by atoms with E-state index in [9.17, 15) is 9.59 Å². The van der Waals surface area contributed by atoms with Crippen LogP contribution in [0.1, 0.15) is 19.4 Å². The molecule has 0 unspecified atom stereocenters. The van der Waals surface area contributed by atoms with E-state index >= 15 is 0 Å². The van der Waals surface area contributed by atoms with Gasteiger partial charge in [-0.05, 0) is 61.2 Å². The zero-order valence-electron chi connectivity index (χ0n) is 16.9. The molecule has 156 valence electrons. The van der Waals surface area contributed by atoms with Gasteiger partial charge in [0, 0.05) is 22.8 Å². The number of carbonyl (C=O) groups excluding carboxylic acids is 2. The number of thioether (sulfide) groups is 1. The second kappa shape index (κ2) is 8.95. The molecule has 0 bridgehead atoms. The summed E-state index contributed by atoms with van der Waals surface area (Å²) in [4.78, 5) is 31.4. The van der Waals surface area contributed by atoms with Gasteiger partial charge in [-0.25, -0.2) is 9.88 Å². The molecule has 0 atom stereocenters. The van der Waals surface area contributed by atoms with E-state index in [-0.39, 0.29) is 5.17 Å². The Bertz CT molecular complexity index is 1230. The van der Waals surface area contributed by atoms with Crippen LogP contribution in [0.5, 0.6) is 5.75 Å². The average molecular weight is 450 g/mol. The van der Waals surface area contributed by atoms with Crippen molar-refractivity contribution >= 4 is 57.5 Å². The maximum absolute atomic E-state index is 12.7. The summed E-state index contributed by atoms with van der Waals surface area (Å²) in [5, 5.41) is 9.49. The lowest BCUT2D eigenvalue weighted by atomic mass is 10.1. The summed E-state index contributed by atoms with van der Waals surface area (Å²) in [5.74, 6) is -0.209. The van der Waals surface area contributed by atoms with Crippen molar-refractivity contribution in [1.82, 2.24) is 9.88 Å². The number of amides is 2. The largest absolute Gasteiger partial charge is 0.494 e. The molecule has 0 spiro atoms. The molecule has 4 rings (SSSR count). The third kappa shape index (κ3) is 4.50. The number of pyridine rings is 1. The molecule has 0 saturated carbocycles. The highest BCUT2D eigenvalue weighted by atomic mass is 32.2. The second-order valence-corrected chi connectivity index (χ2v) is 8.75. The van der Waals surface area contributed by atoms with Crippen molar-refractivity contribution < 1.29 is 14.3 Å². The zero-order chi connectivity index (χ0) is 22.0. The molecule has 8 heteroatoms. The van der Waals surface area contributed by atoms with Crippen molar-refractivity contribution in [3.05, 3.63) is 65.1 Å². The SMILES string of the molecule is CCOc1ccc2nc(Sc3ccccc3)c(/C=C3/SC(=N)N(C(C)=O)C3=O)cc2c1. The van der Waals surface area contributed by atoms with Gasteiger partial charge in [0.15, 0.2) is 5.17 Å². The first kappa shape index (κ1) is 21.1. The van der Waals surface area contributed by atoms with Gasteiger partial charge in [-0.1, -0.05) is 30.0 Å². The van der Waals surface area contributed by atoms with Crippen LogP contribution >= 0.6 is 23.5 Å².